The molecule has 7 rings (SSSR count). The Morgan fingerprint density at radius 3 is 2.45 bits per heavy atom. The first-order valence-corrected chi connectivity index (χ1v) is 20.6. The number of para-hydroxylation sites is 1. The maximum atomic E-state index is 14.5. The molecule has 4 fully saturated rings. The summed E-state index contributed by atoms with van der Waals surface area (Å²) in [7, 11) is 1.61. The van der Waals surface area contributed by atoms with Crippen LogP contribution in [0.25, 0.3) is 10.9 Å². The van der Waals surface area contributed by atoms with E-state index in [1.807, 2.05) is 0 Å². The quantitative estimate of drug-likeness (QED) is 0.194. The van der Waals surface area contributed by atoms with E-state index in [2.05, 4.69) is 20.7 Å². The molecule has 332 valence electrons. The number of hydrogen-bond donors (Lipinski definition) is 2. The fourth-order valence-electron chi connectivity index (χ4n) is 9.17. The van der Waals surface area contributed by atoms with Crippen molar-refractivity contribution >= 4 is 69.2 Å². The fourth-order valence-corrected chi connectivity index (χ4v) is 9.73. The van der Waals surface area contributed by atoms with Gasteiger partial charge in [0.25, 0.3) is 5.91 Å². The molecular formula is C40H45F6N11O4S. The number of aromatic nitrogens is 3. The van der Waals surface area contributed by atoms with Crippen LogP contribution in [-0.4, -0.2) is 121 Å². The number of urea groups is 1. The second-order valence-electron chi connectivity index (χ2n) is 16.6. The predicted molar refractivity (Wildman–Crippen MR) is 218 cm³/mol. The molecule has 5 heterocycles. The number of alkyl halides is 6. The van der Waals surface area contributed by atoms with Gasteiger partial charge in [-0.05, 0) is 95.3 Å². The zero-order valence-corrected chi connectivity index (χ0v) is 35.0. The first-order valence-electron chi connectivity index (χ1n) is 20.2. The zero-order chi connectivity index (χ0) is 44.9. The van der Waals surface area contributed by atoms with Gasteiger partial charge in [0.1, 0.15) is 17.6 Å². The van der Waals surface area contributed by atoms with Crippen LogP contribution in [-0.2, 0) is 27.6 Å². The van der Waals surface area contributed by atoms with Gasteiger partial charge in [-0.15, -0.1) is 0 Å². The van der Waals surface area contributed by atoms with Crippen LogP contribution < -0.4 is 20.4 Å². The standard InChI is InChI=1S/C40H45F6N11O4S/c1-38(2)35(60)56(25-18-27(39(41,42)43)29(19-47)48-20-25)37(62)57(38)24-11-9-23(10-12-24)6-5-14-53-16-17-54(30(21-53)40(44,45)46)22-32(59)49-28-8-4-7-26-33(28)52(3)51-34(26)55-15-13-31(58)50-36(55)61/h4,7-8,18,20,23-24,30H,5-6,9-17,21-22H2,1-3H3,(H,49,59)(H,50,58,61)/t23-,24-,30-/m1/s1. The maximum absolute atomic E-state index is 14.5. The number of nitriles is 1. The molecule has 1 atom stereocenters. The second kappa shape index (κ2) is 17.0. The van der Waals surface area contributed by atoms with Crippen LogP contribution in [0.1, 0.15) is 70.1 Å². The smallest absolute Gasteiger partial charge is 0.331 e. The number of fused-ring (bicyclic) bond motifs is 1. The monoisotopic (exact) mass is 889 g/mol. The number of piperazine rings is 1. The maximum Gasteiger partial charge on any atom is 0.419 e. The van der Waals surface area contributed by atoms with Crippen LogP contribution in [0.5, 0.6) is 0 Å². The van der Waals surface area contributed by atoms with Gasteiger partial charge in [-0.2, -0.15) is 36.7 Å². The predicted octanol–water partition coefficient (Wildman–Crippen LogP) is 5.54. The lowest BCUT2D eigenvalue weighted by atomic mass is 9.82. The summed E-state index contributed by atoms with van der Waals surface area (Å²) >= 11 is 5.69. The Morgan fingerprint density at radius 2 is 1.79 bits per heavy atom. The molecule has 1 aliphatic carbocycles. The zero-order valence-electron chi connectivity index (χ0n) is 34.1. The Hall–Kier alpha value is -5.40. The molecule has 1 aromatic carbocycles. The average molecular weight is 890 g/mol. The topological polar surface area (TPSA) is 163 Å². The van der Waals surface area contributed by atoms with E-state index in [1.165, 1.54) is 15.7 Å². The Labute approximate surface area is 357 Å². The lowest BCUT2D eigenvalue weighted by Gasteiger charge is -2.42. The van der Waals surface area contributed by atoms with Gasteiger partial charge in [0.15, 0.2) is 16.6 Å². The molecule has 3 aliphatic heterocycles. The summed E-state index contributed by atoms with van der Waals surface area (Å²) in [5, 5.41) is 19.2. The number of rotatable bonds is 10. The van der Waals surface area contributed by atoms with Crippen molar-refractivity contribution in [3.8, 4) is 6.07 Å². The number of hydrogen-bond acceptors (Lipinski definition) is 10. The van der Waals surface area contributed by atoms with E-state index >= 15 is 0 Å². The molecule has 0 unspecified atom stereocenters. The number of nitrogens with one attached hydrogen (secondary N) is 2. The number of benzene rings is 1. The molecule has 0 radical (unpaired) electrons. The summed E-state index contributed by atoms with van der Waals surface area (Å²) < 4.78 is 86.0. The molecular weight excluding hydrogens is 845 g/mol. The first-order chi connectivity index (χ1) is 29.2. The van der Waals surface area contributed by atoms with E-state index in [1.54, 1.807) is 48.9 Å². The summed E-state index contributed by atoms with van der Waals surface area (Å²) in [5.41, 5.74) is -2.63. The third-order valence-electron chi connectivity index (χ3n) is 12.3. The molecule has 3 aromatic rings. The van der Waals surface area contributed by atoms with Crippen LogP contribution in [0.15, 0.2) is 30.5 Å². The van der Waals surface area contributed by atoms with Crippen molar-refractivity contribution in [3.63, 3.8) is 0 Å². The average Bonchev–Trinajstić information content (AvgIpc) is 3.63. The van der Waals surface area contributed by atoms with Crippen molar-refractivity contribution < 1.29 is 45.5 Å². The van der Waals surface area contributed by atoms with Crippen molar-refractivity contribution in [2.75, 3.05) is 54.4 Å². The van der Waals surface area contributed by atoms with Gasteiger partial charge in [-0.3, -0.25) is 39.1 Å². The fraction of sp³-hybridized carbons (Fsp3) is 0.550. The van der Waals surface area contributed by atoms with E-state index in [0.29, 0.717) is 55.0 Å². The van der Waals surface area contributed by atoms with Crippen molar-refractivity contribution in [2.45, 2.75) is 88.8 Å². The lowest BCUT2D eigenvalue weighted by molar-refractivity contribution is -0.197. The minimum atomic E-state index is -4.87. The number of nitrogens with zero attached hydrogens (tertiary/aromatic N) is 9. The van der Waals surface area contributed by atoms with Gasteiger partial charge in [0.05, 0.1) is 35.2 Å². The molecule has 4 aliphatic rings. The molecule has 3 saturated heterocycles. The van der Waals surface area contributed by atoms with E-state index in [0.717, 1.165) is 35.3 Å². The Bertz CT molecular complexity index is 2320. The highest BCUT2D eigenvalue weighted by atomic mass is 32.1. The molecule has 2 aromatic heterocycles. The normalized spacial score (nSPS) is 23.0. The summed E-state index contributed by atoms with van der Waals surface area (Å²) in [5.74, 6) is -1.00. The summed E-state index contributed by atoms with van der Waals surface area (Å²) in [6.45, 7) is 3.43. The summed E-state index contributed by atoms with van der Waals surface area (Å²) in [6.07, 6.45) is -4.09. The van der Waals surface area contributed by atoms with Crippen LogP contribution in [0, 0.1) is 17.2 Å². The SMILES string of the molecule is Cn1nc(N2CCC(=O)NC2=O)c2cccc(NC(=O)CN3CCN(CCC[C@H]4CC[C@H](N5C(=S)N(c6cnc(C#N)c(C(F)(F)F)c6)C(=O)C5(C)C)CC4)C[C@@H]3C(F)(F)F)c21. The van der Waals surface area contributed by atoms with Crippen LogP contribution in [0.4, 0.5) is 48.3 Å². The summed E-state index contributed by atoms with van der Waals surface area (Å²) in [4.78, 5) is 61.8. The Kier molecular flexibility index (Phi) is 12.3. The van der Waals surface area contributed by atoms with E-state index < -0.39 is 65.5 Å². The minimum Gasteiger partial charge on any atom is -0.331 e. The number of thiocarbonyl (C=S) groups is 1. The first kappa shape index (κ1) is 44.6. The van der Waals surface area contributed by atoms with Crippen LogP contribution in [0.3, 0.4) is 0 Å². The van der Waals surface area contributed by atoms with Crippen molar-refractivity contribution in [1.29, 1.82) is 5.26 Å². The molecule has 15 nitrogen and oxygen atoms in total. The Morgan fingerprint density at radius 1 is 1.06 bits per heavy atom. The Balaban J connectivity index is 0.910. The van der Waals surface area contributed by atoms with E-state index in [4.69, 9.17) is 17.5 Å². The number of imide groups is 1. The largest absolute Gasteiger partial charge is 0.419 e. The highest BCUT2D eigenvalue weighted by Crippen LogP contribution is 2.41. The molecule has 1 saturated carbocycles. The number of carbonyl (C=O) groups is 4. The minimum absolute atomic E-state index is 0.0167. The number of aryl methyl sites for hydroxylation is 1. The highest BCUT2D eigenvalue weighted by molar-refractivity contribution is 7.80. The second-order valence-corrected chi connectivity index (χ2v) is 17.0. The molecule has 5 amide bonds. The number of carbonyl (C=O) groups excluding carboxylic acids is 4. The van der Waals surface area contributed by atoms with Crippen molar-refractivity contribution in [1.82, 2.24) is 34.8 Å². The van der Waals surface area contributed by atoms with Gasteiger partial charge in [-0.1, -0.05) is 6.07 Å². The third kappa shape index (κ3) is 8.79. The van der Waals surface area contributed by atoms with Gasteiger partial charge in [0.2, 0.25) is 11.8 Å². The number of halogens is 6. The van der Waals surface area contributed by atoms with Crippen molar-refractivity contribution in [3.05, 3.63) is 41.7 Å². The molecule has 0 bridgehead atoms. The molecule has 2 N–H and O–H groups in total. The molecule has 22 heteroatoms. The lowest BCUT2D eigenvalue weighted by Crippen LogP contribution is -2.60. The van der Waals surface area contributed by atoms with Gasteiger partial charge >= 0.3 is 18.4 Å². The van der Waals surface area contributed by atoms with E-state index in [9.17, 15) is 45.5 Å². The number of anilines is 3. The van der Waals surface area contributed by atoms with Crippen LogP contribution >= 0.6 is 12.2 Å². The van der Waals surface area contributed by atoms with Crippen molar-refractivity contribution in [2.24, 2.45) is 13.0 Å². The van der Waals surface area contributed by atoms with Gasteiger partial charge in [-0.25, -0.2) is 9.78 Å². The molecule has 62 heavy (non-hydrogen) atoms. The summed E-state index contributed by atoms with van der Waals surface area (Å²) in [6, 6.07) is 4.42. The molecule has 0 spiro atoms. The third-order valence-corrected chi connectivity index (χ3v) is 12.6. The van der Waals surface area contributed by atoms with Crippen LogP contribution in [0.2, 0.25) is 0 Å². The number of pyridine rings is 1. The van der Waals surface area contributed by atoms with Gasteiger partial charge < -0.3 is 15.1 Å². The number of amides is 5. The van der Waals surface area contributed by atoms with Gasteiger partial charge in [0, 0.05) is 51.1 Å². The highest BCUT2D eigenvalue weighted by Gasteiger charge is 2.53. The van der Waals surface area contributed by atoms with E-state index in [-0.39, 0.29) is 54.6 Å².